The summed E-state index contributed by atoms with van der Waals surface area (Å²) in [4.78, 5) is 13.9. The van der Waals surface area contributed by atoms with Crippen LogP contribution in [0.1, 0.15) is 27.2 Å². The van der Waals surface area contributed by atoms with E-state index in [-0.39, 0.29) is 23.2 Å². The van der Waals surface area contributed by atoms with Crippen LogP contribution in [0.5, 0.6) is 0 Å². The summed E-state index contributed by atoms with van der Waals surface area (Å²) in [6.07, 6.45) is 2.71. The van der Waals surface area contributed by atoms with E-state index in [4.69, 9.17) is 0 Å². The predicted molar refractivity (Wildman–Crippen MR) is 63.2 cm³/mol. The molecule has 85 valence electrons. The molecule has 0 aromatic heterocycles. The zero-order valence-corrected chi connectivity index (χ0v) is 10.1. The molecule has 1 fully saturated rings. The van der Waals surface area contributed by atoms with Crippen LogP contribution in [0.25, 0.3) is 0 Å². The highest BCUT2D eigenvalue weighted by molar-refractivity contribution is 5.81. The normalized spacial score (nSPS) is 27.2. The molecule has 1 radical (unpaired) electrons. The van der Waals surface area contributed by atoms with Gasteiger partial charge in [-0.15, -0.1) is 6.58 Å². The van der Waals surface area contributed by atoms with E-state index in [0.29, 0.717) is 6.54 Å². The van der Waals surface area contributed by atoms with Crippen molar-refractivity contribution in [3.63, 3.8) is 0 Å². The second kappa shape index (κ2) is 4.38. The average molecular weight is 208 g/mol. The van der Waals surface area contributed by atoms with Crippen LogP contribution >= 0.6 is 0 Å². The summed E-state index contributed by atoms with van der Waals surface area (Å²) in [5, 5.41) is 0. The van der Waals surface area contributed by atoms with Crippen LogP contribution in [0.15, 0.2) is 12.7 Å². The molecule has 2 atom stereocenters. The monoisotopic (exact) mass is 208 g/mol. The minimum absolute atomic E-state index is 0.102. The lowest BCUT2D eigenvalue weighted by molar-refractivity contribution is -0.131. The maximum atomic E-state index is 12.0. The van der Waals surface area contributed by atoms with Crippen LogP contribution < -0.4 is 0 Å². The quantitative estimate of drug-likeness (QED) is 0.653. The summed E-state index contributed by atoms with van der Waals surface area (Å²) in [6.45, 7) is 15.7. The Hall–Kier alpha value is -0.790. The number of hydrogen-bond acceptors (Lipinski definition) is 1. The minimum atomic E-state index is 0.102. The van der Waals surface area contributed by atoms with Gasteiger partial charge < -0.3 is 4.90 Å². The molecule has 0 bridgehead atoms. The Bertz CT molecular complexity index is 252. The molecule has 0 saturated carbocycles. The molecular formula is C13H22NO. The van der Waals surface area contributed by atoms with Gasteiger partial charge in [0.25, 0.3) is 0 Å². The van der Waals surface area contributed by atoms with Gasteiger partial charge in [-0.25, -0.2) is 0 Å². The molecule has 0 aliphatic carbocycles. The molecule has 0 aromatic carbocycles. The van der Waals surface area contributed by atoms with Gasteiger partial charge in [-0.1, -0.05) is 26.8 Å². The Balaban J connectivity index is 2.66. The number of rotatable bonds is 3. The number of amides is 1. The lowest BCUT2D eigenvalue weighted by Crippen LogP contribution is -2.28. The molecular weight excluding hydrogens is 186 g/mol. The smallest absolute Gasteiger partial charge is 0.226 e. The first-order valence-electron chi connectivity index (χ1n) is 5.58. The van der Waals surface area contributed by atoms with Crippen LogP contribution in [0.4, 0.5) is 0 Å². The molecule has 0 spiro atoms. The molecule has 2 heteroatoms. The Morgan fingerprint density at radius 2 is 2.13 bits per heavy atom. The summed E-state index contributed by atoms with van der Waals surface area (Å²) in [6, 6.07) is 0. The van der Waals surface area contributed by atoms with E-state index in [1.807, 2.05) is 4.90 Å². The molecule has 1 amide bonds. The predicted octanol–water partition coefficient (Wildman–Crippen LogP) is 2.52. The Morgan fingerprint density at radius 3 is 2.60 bits per heavy atom. The molecule has 1 heterocycles. The minimum Gasteiger partial charge on any atom is -0.338 e. The molecule has 1 aliphatic rings. The van der Waals surface area contributed by atoms with Crippen molar-refractivity contribution in [2.45, 2.75) is 27.2 Å². The Morgan fingerprint density at radius 1 is 1.53 bits per heavy atom. The van der Waals surface area contributed by atoms with Gasteiger partial charge in [-0.05, 0) is 24.7 Å². The average Bonchev–Trinajstić information content (AvgIpc) is 2.32. The van der Waals surface area contributed by atoms with Crippen LogP contribution in [-0.4, -0.2) is 23.9 Å². The highest BCUT2D eigenvalue weighted by atomic mass is 16.2. The molecule has 0 unspecified atom stereocenters. The standard InChI is InChI=1S/C13H22NO/c1-6-7-14-9-10(2)11(12(14)15)8-13(3,4)5/h6,10-11H,1-2,7-9H2,3-5H3/t10-,11+/m0/s1. The molecule has 1 saturated heterocycles. The number of carbonyl (C=O) groups is 1. The molecule has 0 N–H and O–H groups in total. The fourth-order valence-electron chi connectivity index (χ4n) is 2.17. The van der Waals surface area contributed by atoms with Gasteiger partial charge in [0.1, 0.15) is 0 Å². The molecule has 1 aliphatic heterocycles. The van der Waals surface area contributed by atoms with Gasteiger partial charge in [0.2, 0.25) is 5.91 Å². The van der Waals surface area contributed by atoms with Crippen molar-refractivity contribution in [2.75, 3.05) is 13.1 Å². The van der Waals surface area contributed by atoms with Gasteiger partial charge in [0.05, 0.1) is 0 Å². The van der Waals surface area contributed by atoms with Crippen molar-refractivity contribution < 1.29 is 4.79 Å². The first-order chi connectivity index (χ1) is 6.85. The van der Waals surface area contributed by atoms with E-state index in [1.54, 1.807) is 6.08 Å². The highest BCUT2D eigenvalue weighted by Gasteiger charge is 2.38. The summed E-state index contributed by atoms with van der Waals surface area (Å²) >= 11 is 0. The van der Waals surface area contributed by atoms with Gasteiger partial charge >= 0.3 is 0 Å². The zero-order valence-electron chi connectivity index (χ0n) is 10.1. The van der Waals surface area contributed by atoms with E-state index in [2.05, 4.69) is 34.3 Å². The SMILES string of the molecule is [CH2][C@H]1CN(CC=C)C(=O)[C@@H]1CC(C)(C)C. The third-order valence-electron chi connectivity index (χ3n) is 2.83. The lowest BCUT2D eigenvalue weighted by atomic mass is 9.80. The number of hydrogen-bond donors (Lipinski definition) is 0. The topological polar surface area (TPSA) is 20.3 Å². The maximum absolute atomic E-state index is 12.0. The summed E-state index contributed by atoms with van der Waals surface area (Å²) in [5.74, 6) is 0.589. The molecule has 1 rings (SSSR count). The van der Waals surface area contributed by atoms with Gasteiger partial charge in [-0.3, -0.25) is 4.79 Å². The van der Waals surface area contributed by atoms with E-state index in [9.17, 15) is 4.79 Å². The van der Waals surface area contributed by atoms with Crippen molar-refractivity contribution in [1.29, 1.82) is 0 Å². The number of nitrogens with zero attached hydrogens (tertiary/aromatic N) is 1. The molecule has 2 nitrogen and oxygen atoms in total. The second-order valence-corrected chi connectivity index (χ2v) is 5.66. The summed E-state index contributed by atoms with van der Waals surface area (Å²) in [5.41, 5.74) is 0.195. The van der Waals surface area contributed by atoms with Crippen LogP contribution in [-0.2, 0) is 4.79 Å². The fourth-order valence-corrected chi connectivity index (χ4v) is 2.17. The van der Waals surface area contributed by atoms with Crippen LogP contribution in [0.3, 0.4) is 0 Å². The van der Waals surface area contributed by atoms with Crippen molar-refractivity contribution in [1.82, 2.24) is 4.90 Å². The third-order valence-corrected chi connectivity index (χ3v) is 2.83. The third kappa shape index (κ3) is 3.08. The summed E-state index contributed by atoms with van der Waals surface area (Å²) < 4.78 is 0. The zero-order chi connectivity index (χ0) is 11.6. The Kier molecular flexibility index (Phi) is 3.58. The van der Waals surface area contributed by atoms with Crippen molar-refractivity contribution >= 4 is 5.91 Å². The summed E-state index contributed by atoms with van der Waals surface area (Å²) in [7, 11) is 0. The lowest BCUT2D eigenvalue weighted by Gasteiger charge is -2.23. The maximum Gasteiger partial charge on any atom is 0.226 e. The highest BCUT2D eigenvalue weighted by Crippen LogP contribution is 2.34. The van der Waals surface area contributed by atoms with Crippen molar-refractivity contribution in [3.05, 3.63) is 19.6 Å². The van der Waals surface area contributed by atoms with Crippen LogP contribution in [0, 0.1) is 24.2 Å². The van der Waals surface area contributed by atoms with Gasteiger partial charge in [-0.2, -0.15) is 0 Å². The Labute approximate surface area is 93.3 Å². The molecule has 0 aromatic rings. The van der Waals surface area contributed by atoms with E-state index < -0.39 is 0 Å². The number of likely N-dealkylation sites (tertiary alicyclic amines) is 1. The number of carbonyl (C=O) groups excluding carboxylic acids is 1. The largest absolute Gasteiger partial charge is 0.338 e. The van der Waals surface area contributed by atoms with E-state index >= 15 is 0 Å². The first kappa shape index (κ1) is 12.3. The van der Waals surface area contributed by atoms with Crippen molar-refractivity contribution in [3.8, 4) is 0 Å². The second-order valence-electron chi connectivity index (χ2n) is 5.66. The first-order valence-corrected chi connectivity index (χ1v) is 5.58. The van der Waals surface area contributed by atoms with E-state index in [1.165, 1.54) is 0 Å². The van der Waals surface area contributed by atoms with Crippen LogP contribution in [0.2, 0.25) is 0 Å². The fraction of sp³-hybridized carbons (Fsp3) is 0.692. The molecule has 15 heavy (non-hydrogen) atoms. The van der Waals surface area contributed by atoms with E-state index in [0.717, 1.165) is 13.0 Å². The van der Waals surface area contributed by atoms with Gasteiger partial charge in [0.15, 0.2) is 0 Å². The van der Waals surface area contributed by atoms with Crippen molar-refractivity contribution in [2.24, 2.45) is 17.3 Å². The van der Waals surface area contributed by atoms with Gasteiger partial charge in [0, 0.05) is 19.0 Å².